The van der Waals surface area contributed by atoms with E-state index in [1.165, 1.54) is 19.3 Å². The molecule has 0 aromatic rings. The highest BCUT2D eigenvalue weighted by atomic mass is 16.5. The molecule has 1 aliphatic carbocycles. The molecule has 0 aromatic carbocycles. The summed E-state index contributed by atoms with van der Waals surface area (Å²) in [7, 11) is 0. The molecule has 1 fully saturated rings. The molecular weight excluding hydrogens is 188 g/mol. The fourth-order valence-corrected chi connectivity index (χ4v) is 2.53. The molecule has 0 bridgehead atoms. The van der Waals surface area contributed by atoms with Gasteiger partial charge < -0.3 is 4.74 Å². The quantitative estimate of drug-likeness (QED) is 0.669. The summed E-state index contributed by atoms with van der Waals surface area (Å²) in [6, 6.07) is 0. The van der Waals surface area contributed by atoms with Crippen LogP contribution in [0.25, 0.3) is 0 Å². The minimum Gasteiger partial charge on any atom is -0.463 e. The normalized spacial score (nSPS) is 20.7. The van der Waals surface area contributed by atoms with E-state index >= 15 is 0 Å². The maximum Gasteiger partial charge on any atom is 0.312 e. The third kappa shape index (κ3) is 2.73. The number of carbonyl (C=O) groups is 1. The van der Waals surface area contributed by atoms with Gasteiger partial charge in [-0.2, -0.15) is 0 Å². The Hall–Kier alpha value is -0.530. The first kappa shape index (κ1) is 12.5. The lowest BCUT2D eigenvalue weighted by Gasteiger charge is -2.38. The molecule has 0 heterocycles. The van der Waals surface area contributed by atoms with Gasteiger partial charge in [-0.05, 0) is 32.6 Å². The topological polar surface area (TPSA) is 26.3 Å². The zero-order valence-corrected chi connectivity index (χ0v) is 10.5. The molecule has 1 aliphatic rings. The lowest BCUT2D eigenvalue weighted by atomic mass is 9.67. The van der Waals surface area contributed by atoms with Gasteiger partial charge in [-0.3, -0.25) is 4.79 Å². The lowest BCUT2D eigenvalue weighted by Crippen LogP contribution is -2.40. The van der Waals surface area contributed by atoms with Crippen LogP contribution in [-0.2, 0) is 9.53 Å². The minimum absolute atomic E-state index is 0.00931. The molecule has 0 unspecified atom stereocenters. The molecular formula is C13H24O2. The summed E-state index contributed by atoms with van der Waals surface area (Å²) in [5.41, 5.74) is -0.192. The van der Waals surface area contributed by atoms with Crippen LogP contribution in [0.4, 0.5) is 0 Å². The van der Waals surface area contributed by atoms with E-state index in [1.54, 1.807) is 0 Å². The van der Waals surface area contributed by atoms with Gasteiger partial charge in [-0.15, -0.1) is 0 Å². The van der Waals surface area contributed by atoms with E-state index in [1.807, 2.05) is 13.8 Å². The molecule has 15 heavy (non-hydrogen) atoms. The van der Waals surface area contributed by atoms with Crippen molar-refractivity contribution >= 4 is 5.97 Å². The number of esters is 1. The molecule has 88 valence electrons. The van der Waals surface area contributed by atoms with Crippen molar-refractivity contribution in [3.63, 3.8) is 0 Å². The molecule has 1 rings (SSSR count). The first-order chi connectivity index (χ1) is 6.99. The standard InChI is InChI=1S/C13H24O2/c1-10(2)13(8-6-5-7-9-13)12(14)15-11(3)4/h10-11H,5-9H2,1-4H3. The Labute approximate surface area is 93.4 Å². The molecule has 0 spiro atoms. The van der Waals surface area contributed by atoms with Gasteiger partial charge in [0.2, 0.25) is 0 Å². The van der Waals surface area contributed by atoms with Crippen LogP contribution in [0.15, 0.2) is 0 Å². The second-order valence-electron chi connectivity index (χ2n) is 5.33. The maximum absolute atomic E-state index is 12.1. The molecule has 2 heteroatoms. The predicted molar refractivity (Wildman–Crippen MR) is 61.6 cm³/mol. The lowest BCUT2D eigenvalue weighted by molar-refractivity contribution is -0.165. The summed E-state index contributed by atoms with van der Waals surface area (Å²) < 4.78 is 5.42. The Morgan fingerprint density at radius 1 is 1.07 bits per heavy atom. The predicted octanol–water partition coefficient (Wildman–Crippen LogP) is 3.54. The van der Waals surface area contributed by atoms with E-state index in [2.05, 4.69) is 13.8 Å². The Kier molecular flexibility index (Phi) is 4.18. The highest BCUT2D eigenvalue weighted by Crippen LogP contribution is 2.43. The van der Waals surface area contributed by atoms with Crippen LogP contribution in [0.1, 0.15) is 59.8 Å². The van der Waals surface area contributed by atoms with Gasteiger partial charge in [0.05, 0.1) is 11.5 Å². The van der Waals surface area contributed by atoms with Crippen molar-refractivity contribution in [3.8, 4) is 0 Å². The van der Waals surface area contributed by atoms with Gasteiger partial charge in [-0.1, -0.05) is 33.1 Å². The highest BCUT2D eigenvalue weighted by Gasteiger charge is 2.43. The third-order valence-electron chi connectivity index (χ3n) is 3.60. The van der Waals surface area contributed by atoms with Crippen LogP contribution >= 0.6 is 0 Å². The molecule has 0 aliphatic heterocycles. The average Bonchev–Trinajstić information content (AvgIpc) is 2.17. The van der Waals surface area contributed by atoms with Gasteiger partial charge in [0.25, 0.3) is 0 Å². The molecule has 0 aromatic heterocycles. The number of carbonyl (C=O) groups excluding carboxylic acids is 1. The first-order valence-corrected chi connectivity index (χ1v) is 6.20. The van der Waals surface area contributed by atoms with Gasteiger partial charge in [0.15, 0.2) is 0 Å². The summed E-state index contributed by atoms with van der Waals surface area (Å²) in [5, 5.41) is 0. The number of ether oxygens (including phenoxy) is 1. The van der Waals surface area contributed by atoms with Crippen molar-refractivity contribution in [3.05, 3.63) is 0 Å². The van der Waals surface area contributed by atoms with Gasteiger partial charge in [0, 0.05) is 0 Å². The second-order valence-corrected chi connectivity index (χ2v) is 5.33. The summed E-state index contributed by atoms with van der Waals surface area (Å²) in [6.45, 7) is 8.14. The van der Waals surface area contributed by atoms with Gasteiger partial charge in [-0.25, -0.2) is 0 Å². The SMILES string of the molecule is CC(C)OC(=O)C1(C(C)C)CCCCC1. The van der Waals surface area contributed by atoms with Crippen molar-refractivity contribution in [2.45, 2.75) is 65.9 Å². The smallest absolute Gasteiger partial charge is 0.312 e. The van der Waals surface area contributed by atoms with Crippen LogP contribution in [0.2, 0.25) is 0 Å². The molecule has 1 saturated carbocycles. The largest absolute Gasteiger partial charge is 0.463 e. The van der Waals surface area contributed by atoms with Crippen LogP contribution in [0.5, 0.6) is 0 Å². The second kappa shape index (κ2) is 5.00. The average molecular weight is 212 g/mol. The molecule has 0 saturated heterocycles. The fourth-order valence-electron chi connectivity index (χ4n) is 2.53. The van der Waals surface area contributed by atoms with Crippen LogP contribution in [0, 0.1) is 11.3 Å². The van der Waals surface area contributed by atoms with E-state index in [0.29, 0.717) is 5.92 Å². The van der Waals surface area contributed by atoms with Crippen molar-refractivity contribution in [1.82, 2.24) is 0 Å². The molecule has 0 amide bonds. The zero-order valence-electron chi connectivity index (χ0n) is 10.5. The van der Waals surface area contributed by atoms with Crippen LogP contribution < -0.4 is 0 Å². The molecule has 0 radical (unpaired) electrons. The van der Waals surface area contributed by atoms with E-state index < -0.39 is 0 Å². The Bertz CT molecular complexity index is 213. The van der Waals surface area contributed by atoms with Crippen molar-refractivity contribution in [1.29, 1.82) is 0 Å². The number of rotatable bonds is 3. The molecule has 2 nitrogen and oxygen atoms in total. The monoisotopic (exact) mass is 212 g/mol. The molecule has 0 N–H and O–H groups in total. The van der Waals surface area contributed by atoms with Crippen LogP contribution in [-0.4, -0.2) is 12.1 Å². The highest BCUT2D eigenvalue weighted by molar-refractivity contribution is 5.77. The van der Waals surface area contributed by atoms with Gasteiger partial charge in [0.1, 0.15) is 0 Å². The van der Waals surface area contributed by atoms with Crippen molar-refractivity contribution in [2.75, 3.05) is 0 Å². The fraction of sp³-hybridized carbons (Fsp3) is 0.923. The summed E-state index contributed by atoms with van der Waals surface area (Å²) in [4.78, 5) is 12.1. The Morgan fingerprint density at radius 3 is 2.00 bits per heavy atom. The third-order valence-corrected chi connectivity index (χ3v) is 3.60. The first-order valence-electron chi connectivity index (χ1n) is 6.20. The van der Waals surface area contributed by atoms with E-state index in [0.717, 1.165) is 12.8 Å². The maximum atomic E-state index is 12.1. The van der Waals surface area contributed by atoms with E-state index in [-0.39, 0.29) is 17.5 Å². The summed E-state index contributed by atoms with van der Waals surface area (Å²) in [6.07, 6.45) is 5.64. The van der Waals surface area contributed by atoms with Crippen molar-refractivity contribution in [2.24, 2.45) is 11.3 Å². The van der Waals surface area contributed by atoms with E-state index in [4.69, 9.17) is 4.74 Å². The Morgan fingerprint density at radius 2 is 1.60 bits per heavy atom. The zero-order chi connectivity index (χ0) is 11.5. The van der Waals surface area contributed by atoms with Crippen LogP contribution in [0.3, 0.4) is 0 Å². The minimum atomic E-state index is -0.192. The summed E-state index contributed by atoms with van der Waals surface area (Å²) >= 11 is 0. The Balaban J connectivity index is 2.75. The van der Waals surface area contributed by atoms with E-state index in [9.17, 15) is 4.79 Å². The molecule has 0 atom stereocenters. The van der Waals surface area contributed by atoms with Gasteiger partial charge >= 0.3 is 5.97 Å². The van der Waals surface area contributed by atoms with Crippen molar-refractivity contribution < 1.29 is 9.53 Å². The summed E-state index contributed by atoms with van der Waals surface area (Å²) in [5.74, 6) is 0.427. The number of hydrogen-bond acceptors (Lipinski definition) is 2. The number of hydrogen-bond donors (Lipinski definition) is 0.